The van der Waals surface area contributed by atoms with Crippen LogP contribution in [0.3, 0.4) is 0 Å². The smallest absolute Gasteiger partial charge is 0.246 e. The van der Waals surface area contributed by atoms with Gasteiger partial charge in [-0.25, -0.2) is 22.2 Å². The predicted octanol–water partition coefficient (Wildman–Crippen LogP) is 2.79. The van der Waals surface area contributed by atoms with Crippen LogP contribution in [-0.2, 0) is 16.6 Å². The minimum atomic E-state index is -4.13. The van der Waals surface area contributed by atoms with Gasteiger partial charge in [-0.15, -0.1) is 5.10 Å². The Balaban J connectivity index is 1.77. The Bertz CT molecular complexity index is 1090. The molecule has 2 aromatic carbocycles. The minimum Gasteiger partial charge on any atom is -0.246 e. The van der Waals surface area contributed by atoms with E-state index in [0.717, 1.165) is 23.8 Å². The number of nitrogens with one attached hydrogen (secondary N) is 1. The van der Waals surface area contributed by atoms with E-state index in [2.05, 4.69) is 14.8 Å². The van der Waals surface area contributed by atoms with E-state index < -0.39 is 20.7 Å². The zero-order valence-corrected chi connectivity index (χ0v) is 14.7. The number of hydrogen-bond donors (Lipinski definition) is 1. The molecule has 26 heavy (non-hydrogen) atoms. The molecule has 0 radical (unpaired) electrons. The number of sulfonamides is 1. The van der Waals surface area contributed by atoms with Crippen molar-refractivity contribution in [2.75, 3.05) is 4.72 Å². The average molecular weight is 392 g/mol. The molecular weight excluding hydrogens is 381 g/mol. The predicted molar refractivity (Wildman–Crippen MR) is 92.5 cm³/mol. The van der Waals surface area contributed by atoms with Crippen molar-refractivity contribution in [1.29, 1.82) is 5.26 Å². The van der Waals surface area contributed by atoms with Gasteiger partial charge in [-0.2, -0.15) is 10.2 Å². The zero-order valence-electron chi connectivity index (χ0n) is 13.1. The molecule has 0 unspecified atom stereocenters. The SMILES string of the molecule is N#Cc1ccc(Cn2cnc(NS(=O)(=O)c3cc(F)ccc3Cl)n2)cc1. The molecular formula is C16H11ClFN5O2S. The number of rotatable bonds is 5. The van der Waals surface area contributed by atoms with Crippen LogP contribution in [0.4, 0.5) is 10.3 Å². The van der Waals surface area contributed by atoms with Crippen LogP contribution in [-0.4, -0.2) is 23.2 Å². The van der Waals surface area contributed by atoms with Gasteiger partial charge in [-0.05, 0) is 35.9 Å². The van der Waals surface area contributed by atoms with E-state index in [-0.39, 0.29) is 11.0 Å². The standard InChI is InChI=1S/C16H11ClFN5O2S/c17-14-6-5-13(18)7-15(14)26(24,25)22-16-20-10-23(21-16)9-12-3-1-11(8-19)2-4-12/h1-7,10H,9H2,(H,21,22). The highest BCUT2D eigenvalue weighted by atomic mass is 35.5. The van der Waals surface area contributed by atoms with Crippen LogP contribution in [0.15, 0.2) is 53.7 Å². The molecule has 0 aliphatic carbocycles. The van der Waals surface area contributed by atoms with Gasteiger partial charge in [0, 0.05) is 0 Å². The highest BCUT2D eigenvalue weighted by Gasteiger charge is 2.20. The van der Waals surface area contributed by atoms with E-state index in [1.54, 1.807) is 24.3 Å². The van der Waals surface area contributed by atoms with E-state index in [0.29, 0.717) is 12.1 Å². The Hall–Kier alpha value is -2.96. The second-order valence-corrected chi connectivity index (χ2v) is 7.31. The lowest BCUT2D eigenvalue weighted by Gasteiger charge is -2.06. The highest BCUT2D eigenvalue weighted by Crippen LogP contribution is 2.23. The van der Waals surface area contributed by atoms with E-state index in [9.17, 15) is 12.8 Å². The maximum Gasteiger partial charge on any atom is 0.265 e. The number of nitrogens with zero attached hydrogens (tertiary/aromatic N) is 4. The van der Waals surface area contributed by atoms with E-state index in [4.69, 9.17) is 16.9 Å². The van der Waals surface area contributed by atoms with Crippen LogP contribution in [0.2, 0.25) is 5.02 Å². The van der Waals surface area contributed by atoms with Crippen molar-refractivity contribution in [3.05, 3.63) is 70.8 Å². The number of benzene rings is 2. The first-order chi connectivity index (χ1) is 12.4. The van der Waals surface area contributed by atoms with Gasteiger partial charge in [0.25, 0.3) is 16.0 Å². The molecule has 1 N–H and O–H groups in total. The fourth-order valence-electron chi connectivity index (χ4n) is 2.15. The van der Waals surface area contributed by atoms with Gasteiger partial charge in [0.1, 0.15) is 17.0 Å². The maximum atomic E-state index is 13.3. The normalized spacial score (nSPS) is 11.1. The van der Waals surface area contributed by atoms with E-state index in [1.807, 2.05) is 6.07 Å². The van der Waals surface area contributed by atoms with Gasteiger partial charge < -0.3 is 0 Å². The Morgan fingerprint density at radius 2 is 1.96 bits per heavy atom. The summed E-state index contributed by atoms with van der Waals surface area (Å²) in [5.41, 5.74) is 1.39. The van der Waals surface area contributed by atoms with Crippen molar-refractivity contribution >= 4 is 27.6 Å². The summed E-state index contributed by atoms with van der Waals surface area (Å²) in [5.74, 6) is -0.895. The average Bonchev–Trinajstić information content (AvgIpc) is 3.03. The van der Waals surface area contributed by atoms with Crippen LogP contribution in [0.25, 0.3) is 0 Å². The topological polar surface area (TPSA) is 101 Å². The molecule has 0 spiro atoms. The van der Waals surface area contributed by atoms with Crippen molar-refractivity contribution in [1.82, 2.24) is 14.8 Å². The first-order valence-corrected chi connectivity index (χ1v) is 9.10. The summed E-state index contributed by atoms with van der Waals surface area (Å²) in [6.45, 7) is 0.334. The summed E-state index contributed by atoms with van der Waals surface area (Å²) in [5, 5.41) is 12.7. The fraction of sp³-hybridized carbons (Fsp3) is 0.0625. The first-order valence-electron chi connectivity index (χ1n) is 7.24. The lowest BCUT2D eigenvalue weighted by atomic mass is 10.1. The largest absolute Gasteiger partial charge is 0.265 e. The summed E-state index contributed by atoms with van der Waals surface area (Å²) >= 11 is 5.83. The zero-order chi connectivity index (χ0) is 18.7. The summed E-state index contributed by atoms with van der Waals surface area (Å²) in [6, 6.07) is 11.9. The Labute approximate surface area is 153 Å². The minimum absolute atomic E-state index is 0.115. The first kappa shape index (κ1) is 17.8. The van der Waals surface area contributed by atoms with Gasteiger partial charge in [0.15, 0.2) is 0 Å². The molecule has 0 amide bonds. The van der Waals surface area contributed by atoms with Crippen molar-refractivity contribution in [3.63, 3.8) is 0 Å². The molecule has 0 fully saturated rings. The summed E-state index contributed by atoms with van der Waals surface area (Å²) < 4.78 is 41.6. The van der Waals surface area contributed by atoms with Crippen LogP contribution in [0.5, 0.6) is 0 Å². The van der Waals surface area contributed by atoms with Crippen molar-refractivity contribution < 1.29 is 12.8 Å². The van der Waals surface area contributed by atoms with Gasteiger partial charge in [0.2, 0.25) is 0 Å². The van der Waals surface area contributed by atoms with E-state index in [1.165, 1.54) is 11.0 Å². The third-order valence-electron chi connectivity index (χ3n) is 3.37. The monoisotopic (exact) mass is 391 g/mol. The molecule has 3 rings (SSSR count). The van der Waals surface area contributed by atoms with Crippen LogP contribution >= 0.6 is 11.6 Å². The van der Waals surface area contributed by atoms with Crippen LogP contribution in [0, 0.1) is 17.1 Å². The van der Waals surface area contributed by atoms with Crippen molar-refractivity contribution in [2.24, 2.45) is 0 Å². The molecule has 1 heterocycles. The van der Waals surface area contributed by atoms with Crippen molar-refractivity contribution in [3.8, 4) is 6.07 Å². The van der Waals surface area contributed by atoms with Crippen molar-refractivity contribution in [2.45, 2.75) is 11.4 Å². The molecule has 1 aromatic heterocycles. The molecule has 0 saturated heterocycles. The van der Waals surface area contributed by atoms with Crippen LogP contribution in [0.1, 0.15) is 11.1 Å². The Kier molecular flexibility index (Phi) is 4.88. The Morgan fingerprint density at radius 1 is 1.23 bits per heavy atom. The Morgan fingerprint density at radius 3 is 2.65 bits per heavy atom. The van der Waals surface area contributed by atoms with Gasteiger partial charge in [-0.3, -0.25) is 0 Å². The molecule has 0 saturated carbocycles. The molecule has 132 valence electrons. The molecule has 0 atom stereocenters. The van der Waals surface area contributed by atoms with E-state index >= 15 is 0 Å². The molecule has 7 nitrogen and oxygen atoms in total. The number of aromatic nitrogens is 3. The lowest BCUT2D eigenvalue weighted by Crippen LogP contribution is -2.15. The third-order valence-corrected chi connectivity index (χ3v) is 5.18. The molecule has 10 heteroatoms. The number of anilines is 1. The second-order valence-electron chi connectivity index (χ2n) is 5.25. The second kappa shape index (κ2) is 7.11. The maximum absolute atomic E-state index is 13.3. The van der Waals surface area contributed by atoms with Crippen LogP contribution < -0.4 is 4.72 Å². The fourth-order valence-corrected chi connectivity index (χ4v) is 3.61. The van der Waals surface area contributed by atoms with Gasteiger partial charge in [0.05, 0.1) is 23.2 Å². The lowest BCUT2D eigenvalue weighted by molar-refractivity contribution is 0.595. The highest BCUT2D eigenvalue weighted by molar-refractivity contribution is 7.92. The molecule has 0 bridgehead atoms. The third kappa shape index (κ3) is 3.99. The quantitative estimate of drug-likeness (QED) is 0.720. The summed E-state index contributed by atoms with van der Waals surface area (Å²) in [7, 11) is -4.13. The van der Waals surface area contributed by atoms with Gasteiger partial charge >= 0.3 is 0 Å². The number of hydrogen-bond acceptors (Lipinski definition) is 5. The molecule has 3 aromatic rings. The summed E-state index contributed by atoms with van der Waals surface area (Å²) in [6.07, 6.45) is 1.35. The number of halogens is 2. The molecule has 0 aliphatic heterocycles. The van der Waals surface area contributed by atoms with Gasteiger partial charge in [-0.1, -0.05) is 23.7 Å². The molecule has 0 aliphatic rings. The summed E-state index contributed by atoms with van der Waals surface area (Å²) in [4.78, 5) is 3.48. The number of nitriles is 1.